The number of anilines is 1. The first-order valence-corrected chi connectivity index (χ1v) is 7.02. The number of rotatable bonds is 5. The lowest BCUT2D eigenvalue weighted by molar-refractivity contribution is -0.118. The molecule has 19 heavy (non-hydrogen) atoms. The van der Waals surface area contributed by atoms with Crippen molar-refractivity contribution in [1.29, 1.82) is 0 Å². The van der Waals surface area contributed by atoms with E-state index in [1.54, 1.807) is 0 Å². The highest BCUT2D eigenvalue weighted by atomic mass is 32.2. The molecule has 8 heteroatoms. The van der Waals surface area contributed by atoms with Gasteiger partial charge < -0.3 is 11.1 Å². The molecule has 0 saturated heterocycles. The molecule has 4 N–H and O–H groups in total. The number of nitrogens with one attached hydrogen (secondary N) is 2. The predicted molar refractivity (Wildman–Crippen MR) is 69.4 cm³/mol. The zero-order chi connectivity index (χ0) is 14.6. The molecule has 106 valence electrons. The summed E-state index contributed by atoms with van der Waals surface area (Å²) in [6.45, 7) is 2.95. The molecule has 0 aromatic heterocycles. The van der Waals surface area contributed by atoms with Gasteiger partial charge in [-0.1, -0.05) is 0 Å². The van der Waals surface area contributed by atoms with Gasteiger partial charge in [0.1, 0.15) is 5.82 Å². The molecule has 0 aliphatic rings. The van der Waals surface area contributed by atoms with Gasteiger partial charge in [0.05, 0.1) is 4.90 Å². The van der Waals surface area contributed by atoms with Crippen molar-refractivity contribution in [2.45, 2.75) is 18.7 Å². The number of nitrogens with two attached hydrogens (primary N) is 1. The van der Waals surface area contributed by atoms with Crippen LogP contribution in [0.1, 0.15) is 12.5 Å². The number of hydrogen-bond acceptors (Lipinski definition) is 4. The van der Waals surface area contributed by atoms with Crippen molar-refractivity contribution < 1.29 is 17.6 Å². The number of benzene rings is 1. The van der Waals surface area contributed by atoms with Crippen molar-refractivity contribution in [2.75, 3.05) is 18.8 Å². The Bertz CT molecular complexity index is 564. The van der Waals surface area contributed by atoms with Gasteiger partial charge in [0.15, 0.2) is 0 Å². The summed E-state index contributed by atoms with van der Waals surface area (Å²) in [7, 11) is -3.84. The number of amides is 1. The average molecular weight is 289 g/mol. The number of sulfonamides is 1. The van der Waals surface area contributed by atoms with Gasteiger partial charge in [-0.15, -0.1) is 0 Å². The van der Waals surface area contributed by atoms with Crippen molar-refractivity contribution in [3.8, 4) is 0 Å². The van der Waals surface area contributed by atoms with E-state index in [0.29, 0.717) is 0 Å². The molecule has 1 aromatic carbocycles. The van der Waals surface area contributed by atoms with E-state index in [2.05, 4.69) is 10.0 Å². The summed E-state index contributed by atoms with van der Waals surface area (Å²) in [6, 6.07) is 2.10. The summed E-state index contributed by atoms with van der Waals surface area (Å²) in [6.07, 6.45) is 0. The topological polar surface area (TPSA) is 101 Å². The summed E-state index contributed by atoms with van der Waals surface area (Å²) in [5.74, 6) is -0.938. The fraction of sp³-hybridized carbons (Fsp3) is 0.364. The highest BCUT2D eigenvalue weighted by Crippen LogP contribution is 2.20. The molecular formula is C11H16FN3O3S. The summed E-state index contributed by atoms with van der Waals surface area (Å²) < 4.78 is 39.4. The second kappa shape index (κ2) is 5.98. The van der Waals surface area contributed by atoms with Crippen LogP contribution in [0.2, 0.25) is 0 Å². The van der Waals surface area contributed by atoms with Gasteiger partial charge in [0, 0.05) is 31.3 Å². The molecule has 0 aliphatic heterocycles. The van der Waals surface area contributed by atoms with Crippen LogP contribution in [0.25, 0.3) is 0 Å². The molecule has 0 fully saturated rings. The van der Waals surface area contributed by atoms with Gasteiger partial charge in [-0.2, -0.15) is 0 Å². The minimum atomic E-state index is -3.84. The molecular weight excluding hydrogens is 273 g/mol. The number of hydrogen-bond donors (Lipinski definition) is 3. The Kier molecular flexibility index (Phi) is 4.84. The van der Waals surface area contributed by atoms with Gasteiger partial charge in [-0.3, -0.25) is 4.79 Å². The lowest BCUT2D eigenvalue weighted by atomic mass is 10.2. The summed E-state index contributed by atoms with van der Waals surface area (Å²) >= 11 is 0. The fourth-order valence-corrected chi connectivity index (χ4v) is 2.41. The Morgan fingerprint density at radius 2 is 2.00 bits per heavy atom. The van der Waals surface area contributed by atoms with E-state index in [4.69, 9.17) is 5.73 Å². The highest BCUT2D eigenvalue weighted by Gasteiger charge is 2.16. The van der Waals surface area contributed by atoms with Crippen LogP contribution in [-0.2, 0) is 14.8 Å². The normalized spacial score (nSPS) is 11.3. The van der Waals surface area contributed by atoms with E-state index in [1.165, 1.54) is 19.9 Å². The van der Waals surface area contributed by atoms with Crippen molar-refractivity contribution in [3.63, 3.8) is 0 Å². The second-order valence-electron chi connectivity index (χ2n) is 4.00. The van der Waals surface area contributed by atoms with Crippen molar-refractivity contribution in [2.24, 2.45) is 0 Å². The van der Waals surface area contributed by atoms with Crippen molar-refractivity contribution >= 4 is 21.6 Å². The maximum Gasteiger partial charge on any atom is 0.240 e. The summed E-state index contributed by atoms with van der Waals surface area (Å²) in [5, 5.41) is 2.44. The van der Waals surface area contributed by atoms with E-state index in [0.717, 1.165) is 6.07 Å². The molecule has 0 heterocycles. The fourth-order valence-electron chi connectivity index (χ4n) is 1.34. The van der Waals surface area contributed by atoms with Gasteiger partial charge in [0.25, 0.3) is 0 Å². The largest absolute Gasteiger partial charge is 0.398 e. The lowest BCUT2D eigenvalue weighted by Crippen LogP contribution is -2.33. The van der Waals surface area contributed by atoms with Gasteiger partial charge in [-0.25, -0.2) is 17.5 Å². The van der Waals surface area contributed by atoms with E-state index < -0.39 is 15.8 Å². The molecule has 0 atom stereocenters. The maximum absolute atomic E-state index is 13.4. The number of carbonyl (C=O) groups excluding carboxylic acids is 1. The third-order valence-corrected chi connectivity index (χ3v) is 3.90. The minimum absolute atomic E-state index is 0.0112. The van der Waals surface area contributed by atoms with E-state index in [9.17, 15) is 17.6 Å². The molecule has 0 saturated carbocycles. The van der Waals surface area contributed by atoms with Crippen LogP contribution >= 0.6 is 0 Å². The predicted octanol–water partition coefficient (Wildman–Crippen LogP) is 0.131. The minimum Gasteiger partial charge on any atom is -0.398 e. The summed E-state index contributed by atoms with van der Waals surface area (Å²) in [5.41, 5.74) is 5.80. The third kappa shape index (κ3) is 4.18. The zero-order valence-corrected chi connectivity index (χ0v) is 11.5. The van der Waals surface area contributed by atoms with Crippen LogP contribution in [0.5, 0.6) is 0 Å². The third-order valence-electron chi connectivity index (χ3n) is 2.46. The zero-order valence-electron chi connectivity index (χ0n) is 10.7. The Morgan fingerprint density at radius 1 is 1.37 bits per heavy atom. The Balaban J connectivity index is 2.80. The molecule has 6 nitrogen and oxygen atoms in total. The molecule has 0 unspecified atom stereocenters. The Morgan fingerprint density at radius 3 is 2.53 bits per heavy atom. The van der Waals surface area contributed by atoms with Crippen LogP contribution in [0, 0.1) is 12.7 Å². The summed E-state index contributed by atoms with van der Waals surface area (Å²) in [4.78, 5) is 10.4. The highest BCUT2D eigenvalue weighted by molar-refractivity contribution is 7.89. The molecule has 1 rings (SSSR count). The standard InChI is InChI=1S/C11H16FN3O3S/c1-7-10(12)5-9(6-11(7)13)19(17,18)15-4-3-14-8(2)16/h5-6,15H,3-4,13H2,1-2H3,(H,14,16). The first-order valence-electron chi connectivity index (χ1n) is 5.54. The van der Waals surface area contributed by atoms with Gasteiger partial charge in [-0.05, 0) is 19.1 Å². The maximum atomic E-state index is 13.4. The number of nitrogen functional groups attached to an aromatic ring is 1. The first kappa shape index (κ1) is 15.4. The molecule has 0 aliphatic carbocycles. The Labute approximate surface area is 111 Å². The van der Waals surface area contributed by atoms with Crippen LogP contribution in [0.4, 0.5) is 10.1 Å². The van der Waals surface area contributed by atoms with E-state index >= 15 is 0 Å². The van der Waals surface area contributed by atoms with Crippen molar-refractivity contribution in [1.82, 2.24) is 10.0 Å². The van der Waals surface area contributed by atoms with Crippen LogP contribution in [-0.4, -0.2) is 27.4 Å². The van der Waals surface area contributed by atoms with Gasteiger partial charge in [0.2, 0.25) is 15.9 Å². The van der Waals surface area contributed by atoms with Crippen LogP contribution in [0.15, 0.2) is 17.0 Å². The first-order chi connectivity index (χ1) is 8.74. The van der Waals surface area contributed by atoms with Crippen LogP contribution in [0.3, 0.4) is 0 Å². The molecule has 1 amide bonds. The smallest absolute Gasteiger partial charge is 0.240 e. The second-order valence-corrected chi connectivity index (χ2v) is 5.77. The van der Waals surface area contributed by atoms with Crippen LogP contribution < -0.4 is 15.8 Å². The Hall–Kier alpha value is -1.67. The van der Waals surface area contributed by atoms with Crippen molar-refractivity contribution in [3.05, 3.63) is 23.5 Å². The lowest BCUT2D eigenvalue weighted by Gasteiger charge is -2.09. The number of carbonyl (C=O) groups is 1. The SMILES string of the molecule is CC(=O)NCCNS(=O)(=O)c1cc(N)c(C)c(F)c1. The molecule has 0 radical (unpaired) electrons. The van der Waals surface area contributed by atoms with E-state index in [1.807, 2.05) is 0 Å². The molecule has 1 aromatic rings. The number of halogens is 1. The quantitative estimate of drug-likeness (QED) is 0.530. The van der Waals surface area contributed by atoms with Gasteiger partial charge >= 0.3 is 0 Å². The molecule has 0 bridgehead atoms. The van der Waals surface area contributed by atoms with E-state index in [-0.39, 0.29) is 35.1 Å². The molecule has 0 spiro atoms. The average Bonchev–Trinajstić information content (AvgIpc) is 2.31. The monoisotopic (exact) mass is 289 g/mol.